The maximum atomic E-state index is 9.86. The Morgan fingerprint density at radius 3 is 2.50 bits per heavy atom. The Morgan fingerprint density at radius 1 is 1.14 bits per heavy atom. The van der Waals surface area contributed by atoms with Crippen LogP contribution in [0.4, 0.5) is 0 Å². The van der Waals surface area contributed by atoms with Crippen LogP contribution in [-0.4, -0.2) is 57.7 Å². The summed E-state index contributed by atoms with van der Waals surface area (Å²) in [5, 5.41) is 29.0. The monoisotopic (exact) mass is 201 g/mol. The first-order valence-electron chi connectivity index (χ1n) is 5.41. The van der Waals surface area contributed by atoms with Crippen LogP contribution < -0.4 is 0 Å². The molecule has 0 aromatic rings. The van der Waals surface area contributed by atoms with Gasteiger partial charge < -0.3 is 15.3 Å². The number of rotatable bonds is 1. The molecule has 5 atom stereocenters. The lowest BCUT2D eigenvalue weighted by Crippen LogP contribution is -2.51. The molecule has 2 aliphatic heterocycles. The third-order valence-corrected chi connectivity index (χ3v) is 3.63. The van der Waals surface area contributed by atoms with Gasteiger partial charge in [-0.05, 0) is 12.3 Å². The largest absolute Gasteiger partial charge is 0.391 e. The van der Waals surface area contributed by atoms with Crippen LogP contribution >= 0.6 is 0 Å². The smallest absolute Gasteiger partial charge is 0.0991 e. The van der Waals surface area contributed by atoms with Crippen LogP contribution in [0.15, 0.2) is 0 Å². The lowest BCUT2D eigenvalue weighted by molar-refractivity contribution is -0.0433. The summed E-state index contributed by atoms with van der Waals surface area (Å²) in [5.41, 5.74) is 0. The molecule has 3 N–H and O–H groups in total. The topological polar surface area (TPSA) is 63.9 Å². The van der Waals surface area contributed by atoms with Gasteiger partial charge >= 0.3 is 0 Å². The van der Waals surface area contributed by atoms with Gasteiger partial charge in [0.15, 0.2) is 0 Å². The number of hydrogen-bond donors (Lipinski definition) is 3. The summed E-state index contributed by atoms with van der Waals surface area (Å²) in [6.07, 6.45) is -0.151. The zero-order chi connectivity index (χ0) is 10.3. The van der Waals surface area contributed by atoms with Crippen LogP contribution in [0.25, 0.3) is 0 Å². The Kier molecular flexibility index (Phi) is 2.79. The Hall–Kier alpha value is -0.160. The average molecular weight is 201 g/mol. The Morgan fingerprint density at radius 2 is 1.86 bits per heavy atom. The van der Waals surface area contributed by atoms with Gasteiger partial charge in [-0.2, -0.15) is 0 Å². The van der Waals surface area contributed by atoms with E-state index in [-0.39, 0.29) is 6.04 Å². The molecule has 4 heteroatoms. The molecule has 14 heavy (non-hydrogen) atoms. The van der Waals surface area contributed by atoms with E-state index in [9.17, 15) is 15.3 Å². The summed E-state index contributed by atoms with van der Waals surface area (Å²) >= 11 is 0. The minimum atomic E-state index is -0.775. The van der Waals surface area contributed by atoms with Gasteiger partial charge in [0.05, 0.1) is 24.4 Å². The fraction of sp³-hybridized carbons (Fsp3) is 1.00. The van der Waals surface area contributed by atoms with Crippen molar-refractivity contribution in [2.75, 3.05) is 13.1 Å². The molecule has 0 aromatic heterocycles. The van der Waals surface area contributed by atoms with Gasteiger partial charge in [-0.15, -0.1) is 0 Å². The van der Waals surface area contributed by atoms with E-state index in [2.05, 4.69) is 6.92 Å². The first-order chi connectivity index (χ1) is 6.63. The second kappa shape index (κ2) is 3.77. The summed E-state index contributed by atoms with van der Waals surface area (Å²) in [5.74, 6) is 0.499. The van der Waals surface area contributed by atoms with Crippen LogP contribution in [0.5, 0.6) is 0 Å². The first kappa shape index (κ1) is 10.4. The van der Waals surface area contributed by atoms with Crippen LogP contribution in [-0.2, 0) is 0 Å². The molecule has 0 bridgehead atoms. The standard InChI is InChI=1S/C10H19NO3/c1-2-6-3-7(12)9-10(14)8(13)5-11(9)4-6/h6-10,12-14H,2-5H2,1H3/t6?,7-,8-,9-,10-/m1/s1. The number of hydrogen-bond acceptors (Lipinski definition) is 4. The van der Waals surface area contributed by atoms with Crippen molar-refractivity contribution in [3.8, 4) is 0 Å². The van der Waals surface area contributed by atoms with Crippen molar-refractivity contribution in [2.24, 2.45) is 5.92 Å². The molecule has 2 aliphatic rings. The van der Waals surface area contributed by atoms with Crippen molar-refractivity contribution in [3.05, 3.63) is 0 Å². The van der Waals surface area contributed by atoms with E-state index in [1.165, 1.54) is 0 Å². The average Bonchev–Trinajstić information content (AvgIpc) is 2.43. The minimum Gasteiger partial charge on any atom is -0.391 e. The minimum absolute atomic E-state index is 0.243. The molecule has 2 saturated heterocycles. The molecular formula is C10H19NO3. The van der Waals surface area contributed by atoms with E-state index < -0.39 is 18.3 Å². The second-order valence-corrected chi connectivity index (χ2v) is 4.58. The van der Waals surface area contributed by atoms with Gasteiger partial charge in [0.25, 0.3) is 0 Å². The SMILES string of the molecule is CCC1C[C@@H](O)[C@@H]2[C@H](O)[C@H](O)CN2C1. The molecule has 0 saturated carbocycles. The number of aliphatic hydroxyl groups is 3. The number of piperidine rings is 1. The van der Waals surface area contributed by atoms with Gasteiger partial charge in [-0.1, -0.05) is 13.3 Å². The highest BCUT2D eigenvalue weighted by molar-refractivity contribution is 5.00. The molecule has 0 radical (unpaired) electrons. The Bertz CT molecular complexity index is 212. The molecule has 2 fully saturated rings. The van der Waals surface area contributed by atoms with Gasteiger partial charge in [-0.25, -0.2) is 0 Å². The van der Waals surface area contributed by atoms with Crippen LogP contribution in [0.2, 0.25) is 0 Å². The van der Waals surface area contributed by atoms with Gasteiger partial charge in [0.2, 0.25) is 0 Å². The zero-order valence-electron chi connectivity index (χ0n) is 8.50. The van der Waals surface area contributed by atoms with Crippen molar-refractivity contribution in [1.82, 2.24) is 4.90 Å². The van der Waals surface area contributed by atoms with Gasteiger partial charge in [0, 0.05) is 13.1 Å². The van der Waals surface area contributed by atoms with Crippen molar-refractivity contribution in [3.63, 3.8) is 0 Å². The van der Waals surface area contributed by atoms with E-state index >= 15 is 0 Å². The highest BCUT2D eigenvalue weighted by Gasteiger charge is 2.47. The molecule has 0 aromatic carbocycles. The van der Waals surface area contributed by atoms with E-state index in [0.29, 0.717) is 12.5 Å². The van der Waals surface area contributed by atoms with E-state index in [1.54, 1.807) is 0 Å². The predicted octanol–water partition coefficient (Wildman–Crippen LogP) is -0.817. The molecule has 1 unspecified atom stereocenters. The summed E-state index contributed by atoms with van der Waals surface area (Å²) in [7, 11) is 0. The Balaban J connectivity index is 2.08. The molecule has 2 heterocycles. The summed E-state index contributed by atoms with van der Waals surface area (Å²) in [4.78, 5) is 2.03. The third kappa shape index (κ3) is 1.56. The molecule has 2 rings (SSSR count). The molecule has 0 spiro atoms. The van der Waals surface area contributed by atoms with Crippen LogP contribution in [0.1, 0.15) is 19.8 Å². The highest BCUT2D eigenvalue weighted by atomic mass is 16.3. The summed E-state index contributed by atoms with van der Waals surface area (Å²) in [6.45, 7) is 3.51. The zero-order valence-corrected chi connectivity index (χ0v) is 8.50. The van der Waals surface area contributed by atoms with Gasteiger partial charge in [0.1, 0.15) is 0 Å². The lowest BCUT2D eigenvalue weighted by atomic mass is 9.88. The van der Waals surface area contributed by atoms with Crippen LogP contribution in [0.3, 0.4) is 0 Å². The number of fused-ring (bicyclic) bond motifs is 1. The van der Waals surface area contributed by atoms with E-state index in [4.69, 9.17) is 0 Å². The van der Waals surface area contributed by atoms with Crippen molar-refractivity contribution in [1.29, 1.82) is 0 Å². The molecular weight excluding hydrogens is 182 g/mol. The van der Waals surface area contributed by atoms with Crippen LogP contribution in [0, 0.1) is 5.92 Å². The molecule has 4 nitrogen and oxygen atoms in total. The quantitative estimate of drug-likeness (QED) is 0.519. The molecule has 82 valence electrons. The van der Waals surface area contributed by atoms with Crippen molar-refractivity contribution < 1.29 is 15.3 Å². The fourth-order valence-corrected chi connectivity index (χ4v) is 2.76. The summed E-state index contributed by atoms with van der Waals surface area (Å²) < 4.78 is 0. The van der Waals surface area contributed by atoms with Gasteiger partial charge in [-0.3, -0.25) is 4.90 Å². The number of aliphatic hydroxyl groups excluding tert-OH is 3. The third-order valence-electron chi connectivity index (χ3n) is 3.63. The normalized spacial score (nSPS) is 49.3. The van der Waals surface area contributed by atoms with E-state index in [1.807, 2.05) is 4.90 Å². The second-order valence-electron chi connectivity index (χ2n) is 4.58. The first-order valence-corrected chi connectivity index (χ1v) is 5.41. The highest BCUT2D eigenvalue weighted by Crippen LogP contribution is 2.31. The molecule has 0 amide bonds. The fourth-order valence-electron chi connectivity index (χ4n) is 2.76. The Labute approximate surface area is 84.2 Å². The summed E-state index contributed by atoms with van der Waals surface area (Å²) in [6, 6.07) is -0.243. The number of nitrogens with zero attached hydrogens (tertiary/aromatic N) is 1. The van der Waals surface area contributed by atoms with Crippen molar-refractivity contribution >= 4 is 0 Å². The van der Waals surface area contributed by atoms with Crippen molar-refractivity contribution in [2.45, 2.75) is 44.1 Å². The van der Waals surface area contributed by atoms with E-state index in [0.717, 1.165) is 19.4 Å². The maximum absolute atomic E-state index is 9.86. The lowest BCUT2D eigenvalue weighted by Gasteiger charge is -2.39. The maximum Gasteiger partial charge on any atom is 0.0991 e. The predicted molar refractivity (Wildman–Crippen MR) is 51.8 cm³/mol. The molecule has 0 aliphatic carbocycles.